The van der Waals surface area contributed by atoms with Crippen molar-refractivity contribution in [2.24, 2.45) is 0 Å². The molecule has 0 fully saturated rings. The molecule has 30 heavy (non-hydrogen) atoms. The molecule has 1 atom stereocenters. The molecular weight excluding hydrogens is 428 g/mol. The SMILES string of the molecule is COC(=O)CCC1=C(OC)OC(C)(O[Cl+3]([O-])([O-])[O-])c2c1cc(OC)c(OC)c2OC. The van der Waals surface area contributed by atoms with Gasteiger partial charge in [0.25, 0.3) is 5.95 Å². The van der Waals surface area contributed by atoms with E-state index in [-0.39, 0.29) is 41.6 Å². The Hall–Kier alpha value is -2.44. The Balaban J connectivity index is 2.83. The third kappa shape index (κ3) is 4.65. The molecule has 0 aromatic heterocycles. The number of halogens is 1. The molecule has 11 nitrogen and oxygen atoms in total. The highest BCUT2D eigenvalue weighted by Crippen LogP contribution is 2.53. The molecule has 0 amide bonds. The fraction of sp³-hybridized carbons (Fsp3) is 0.500. The maximum Gasteiger partial charge on any atom is 0.391 e. The first-order chi connectivity index (χ1) is 14.0. The van der Waals surface area contributed by atoms with E-state index in [0.29, 0.717) is 11.1 Å². The minimum Gasteiger partial charge on any atom is -0.493 e. The lowest BCUT2D eigenvalue weighted by atomic mass is 9.89. The highest BCUT2D eigenvalue weighted by Gasteiger charge is 2.54. The number of carbonyl (C=O) groups excluding carboxylic acids is 1. The van der Waals surface area contributed by atoms with E-state index >= 15 is 0 Å². The molecule has 0 saturated heterocycles. The zero-order valence-electron chi connectivity index (χ0n) is 17.4. The topological polar surface area (TPSA) is 151 Å². The van der Waals surface area contributed by atoms with Gasteiger partial charge in [0.05, 0.1) is 51.4 Å². The van der Waals surface area contributed by atoms with Crippen molar-refractivity contribution >= 4 is 11.5 Å². The predicted molar refractivity (Wildman–Crippen MR) is 90.8 cm³/mol. The molecule has 1 unspecified atom stereocenters. The Bertz CT molecular complexity index is 830. The van der Waals surface area contributed by atoms with Crippen molar-refractivity contribution in [1.82, 2.24) is 0 Å². The lowest BCUT2D eigenvalue weighted by molar-refractivity contribution is -1.92. The van der Waals surface area contributed by atoms with Gasteiger partial charge < -0.3 is 28.4 Å². The summed E-state index contributed by atoms with van der Waals surface area (Å²) in [5, 5.41) is 0. The Morgan fingerprint density at radius 3 is 2.13 bits per heavy atom. The number of ether oxygens (including phenoxy) is 6. The van der Waals surface area contributed by atoms with Crippen molar-refractivity contribution in [2.45, 2.75) is 25.6 Å². The van der Waals surface area contributed by atoms with Crippen molar-refractivity contribution in [3.63, 3.8) is 0 Å². The van der Waals surface area contributed by atoms with Crippen LogP contribution in [-0.2, 0) is 29.1 Å². The second-order valence-electron chi connectivity index (χ2n) is 6.12. The molecule has 12 heteroatoms. The molecule has 168 valence electrons. The van der Waals surface area contributed by atoms with Crippen LogP contribution in [0, 0.1) is 10.2 Å². The van der Waals surface area contributed by atoms with Gasteiger partial charge in [0.15, 0.2) is 11.5 Å². The van der Waals surface area contributed by atoms with Crippen LogP contribution in [-0.4, -0.2) is 41.5 Å². The first-order valence-corrected chi connectivity index (χ1v) is 9.76. The molecular formula is C18H23ClO11. The molecule has 0 radical (unpaired) electrons. The van der Waals surface area contributed by atoms with Gasteiger partial charge in [-0.1, -0.05) is 0 Å². The summed E-state index contributed by atoms with van der Waals surface area (Å²) in [4.78, 5) is 11.7. The normalized spacial score (nSPS) is 18.3. The van der Waals surface area contributed by atoms with Crippen molar-refractivity contribution in [2.75, 3.05) is 35.5 Å². The molecule has 1 aromatic carbocycles. The van der Waals surface area contributed by atoms with Crippen LogP contribution < -0.4 is 28.2 Å². The minimum absolute atomic E-state index is 0.0129. The van der Waals surface area contributed by atoms with E-state index in [1.165, 1.54) is 48.5 Å². The van der Waals surface area contributed by atoms with Gasteiger partial charge in [0.1, 0.15) is 4.29 Å². The minimum atomic E-state index is -4.91. The fourth-order valence-corrected chi connectivity index (χ4v) is 3.68. The van der Waals surface area contributed by atoms with Gasteiger partial charge in [-0.05, 0) is 12.5 Å². The molecule has 2 rings (SSSR count). The maximum atomic E-state index is 11.7. The number of rotatable bonds is 9. The fourth-order valence-electron chi connectivity index (χ4n) is 3.21. The Morgan fingerprint density at radius 1 is 1.03 bits per heavy atom. The van der Waals surface area contributed by atoms with Crippen LogP contribution in [0.4, 0.5) is 0 Å². The molecule has 0 bridgehead atoms. The van der Waals surface area contributed by atoms with Crippen LogP contribution in [0.5, 0.6) is 17.2 Å². The summed E-state index contributed by atoms with van der Waals surface area (Å²) in [6, 6.07) is 1.51. The van der Waals surface area contributed by atoms with Crippen LogP contribution in [0.2, 0.25) is 0 Å². The Kier molecular flexibility index (Phi) is 7.27. The molecule has 0 aliphatic carbocycles. The quantitative estimate of drug-likeness (QED) is 0.430. The Labute approximate surface area is 175 Å². The third-order valence-corrected chi connectivity index (χ3v) is 4.86. The summed E-state index contributed by atoms with van der Waals surface area (Å²) in [6.45, 7) is 1.21. The first kappa shape index (κ1) is 23.8. The van der Waals surface area contributed by atoms with Crippen molar-refractivity contribution in [3.05, 3.63) is 23.1 Å². The van der Waals surface area contributed by atoms with E-state index in [2.05, 4.69) is 4.74 Å². The number of hydrogen-bond donors (Lipinski definition) is 0. The molecule has 0 saturated carbocycles. The standard InChI is InChI=1S/C18H23ClO11/c1-18(30-19(21,22)23)14-11(9-12(24-2)15(26-4)16(14)27-5)10(17(28-6)29-18)7-8-13(20)25-3/h9H,7-8H2,1-6H3. The summed E-state index contributed by atoms with van der Waals surface area (Å²) in [6.07, 6.45) is 0.0627. The van der Waals surface area contributed by atoms with E-state index < -0.39 is 22.0 Å². The zero-order valence-corrected chi connectivity index (χ0v) is 18.1. The number of fused-ring (bicyclic) bond motifs is 1. The third-order valence-electron chi connectivity index (χ3n) is 4.38. The van der Waals surface area contributed by atoms with E-state index in [1.807, 2.05) is 0 Å². The van der Waals surface area contributed by atoms with Crippen LogP contribution in [0.3, 0.4) is 0 Å². The number of esters is 1. The van der Waals surface area contributed by atoms with Crippen LogP contribution in [0.1, 0.15) is 30.9 Å². The summed E-state index contributed by atoms with van der Waals surface area (Å²) in [5.41, 5.74) is 0.728. The number of methoxy groups -OCH3 is 5. The summed E-state index contributed by atoms with van der Waals surface area (Å²) >= 11 is 0. The van der Waals surface area contributed by atoms with Gasteiger partial charge in [0, 0.05) is 24.5 Å². The number of carbonyl (C=O) groups is 1. The van der Waals surface area contributed by atoms with E-state index in [1.54, 1.807) is 0 Å². The molecule has 1 aliphatic rings. The summed E-state index contributed by atoms with van der Waals surface area (Å²) in [7, 11) is 1.68. The second-order valence-corrected chi connectivity index (χ2v) is 7.03. The molecule has 0 spiro atoms. The van der Waals surface area contributed by atoms with Gasteiger partial charge in [-0.2, -0.15) is 14.0 Å². The van der Waals surface area contributed by atoms with Gasteiger partial charge in [-0.15, -0.1) is 0 Å². The average Bonchev–Trinajstić information content (AvgIpc) is 2.69. The largest absolute Gasteiger partial charge is 0.493 e. The van der Waals surface area contributed by atoms with E-state index in [4.69, 9.17) is 28.0 Å². The van der Waals surface area contributed by atoms with E-state index in [0.717, 1.165) is 0 Å². The highest BCUT2D eigenvalue weighted by atomic mass is 35.7. The number of benzene rings is 1. The maximum absolute atomic E-state index is 11.7. The van der Waals surface area contributed by atoms with Gasteiger partial charge in [-0.25, -0.2) is 0 Å². The van der Waals surface area contributed by atoms with Crippen LogP contribution in [0.25, 0.3) is 5.57 Å². The summed E-state index contributed by atoms with van der Waals surface area (Å²) in [5.74, 6) is -2.43. The first-order valence-electron chi connectivity index (χ1n) is 8.53. The van der Waals surface area contributed by atoms with Gasteiger partial charge in [-0.3, -0.25) is 4.79 Å². The van der Waals surface area contributed by atoms with Crippen LogP contribution in [0.15, 0.2) is 12.0 Å². The lowest BCUT2D eigenvalue weighted by Gasteiger charge is -2.35. The van der Waals surface area contributed by atoms with E-state index in [9.17, 15) is 18.8 Å². The smallest absolute Gasteiger partial charge is 0.391 e. The van der Waals surface area contributed by atoms with Gasteiger partial charge in [0.2, 0.25) is 5.75 Å². The lowest BCUT2D eigenvalue weighted by Crippen LogP contribution is -2.64. The molecule has 0 N–H and O–H groups in total. The van der Waals surface area contributed by atoms with Crippen LogP contribution >= 0.6 is 0 Å². The van der Waals surface area contributed by atoms with Crippen molar-refractivity contribution < 1.29 is 61.7 Å². The van der Waals surface area contributed by atoms with Gasteiger partial charge >= 0.3 is 11.8 Å². The summed E-state index contributed by atoms with van der Waals surface area (Å²) < 4.78 is 70.7. The molecule has 1 aromatic rings. The molecule has 1 aliphatic heterocycles. The van der Waals surface area contributed by atoms with Crippen molar-refractivity contribution in [3.8, 4) is 17.2 Å². The molecule has 1 heterocycles. The second kappa shape index (κ2) is 9.14. The average molecular weight is 451 g/mol. The predicted octanol–water partition coefficient (Wildman–Crippen LogP) is -0.903. The zero-order chi connectivity index (χ0) is 22.7. The number of hydrogen-bond acceptors (Lipinski definition) is 11. The number of allylic oxidation sites excluding steroid dienone is 1. The highest BCUT2D eigenvalue weighted by molar-refractivity contribution is 5.80. The Morgan fingerprint density at radius 2 is 1.67 bits per heavy atom. The van der Waals surface area contributed by atoms with Crippen molar-refractivity contribution in [1.29, 1.82) is 0 Å². The monoisotopic (exact) mass is 450 g/mol.